The van der Waals surface area contributed by atoms with Crippen LogP contribution >= 0.6 is 11.6 Å². The lowest BCUT2D eigenvalue weighted by Crippen LogP contribution is -2.45. The number of aliphatic hydroxyl groups is 1. The van der Waals surface area contributed by atoms with Crippen LogP contribution in [-0.2, 0) is 4.79 Å². The molecule has 10 heteroatoms. The highest BCUT2D eigenvalue weighted by atomic mass is 35.5. The maximum Gasteiger partial charge on any atom is 0.322 e. The Bertz CT molecular complexity index is 999. The van der Waals surface area contributed by atoms with Crippen molar-refractivity contribution in [2.24, 2.45) is 0 Å². The van der Waals surface area contributed by atoms with Crippen molar-refractivity contribution in [3.63, 3.8) is 0 Å². The zero-order chi connectivity index (χ0) is 22.7. The summed E-state index contributed by atoms with van der Waals surface area (Å²) >= 11 is 5.83. The zero-order valence-electron chi connectivity index (χ0n) is 16.9. The van der Waals surface area contributed by atoms with E-state index < -0.39 is 29.9 Å². The Hall–Kier alpha value is -3.17. The number of hydrogen-bond acceptors (Lipinski definition) is 4. The molecule has 1 aliphatic heterocycles. The second kappa shape index (κ2) is 9.32. The smallest absolute Gasteiger partial charge is 0.322 e. The monoisotopic (exact) mass is 448 g/mol. The third-order valence-corrected chi connectivity index (χ3v) is 5.07. The van der Waals surface area contributed by atoms with E-state index in [2.05, 4.69) is 10.6 Å². The molecule has 0 aliphatic carbocycles. The Balaban J connectivity index is 1.71. The Kier molecular flexibility index (Phi) is 6.77. The van der Waals surface area contributed by atoms with Gasteiger partial charge in [0.25, 0.3) is 5.91 Å². The fourth-order valence-electron chi connectivity index (χ4n) is 3.24. The molecule has 3 rings (SSSR count). The summed E-state index contributed by atoms with van der Waals surface area (Å²) in [7, 11) is 3.09. The van der Waals surface area contributed by atoms with Gasteiger partial charge in [0.1, 0.15) is 11.9 Å². The molecule has 0 unspecified atom stereocenters. The summed E-state index contributed by atoms with van der Waals surface area (Å²) in [6.07, 6.45) is -0.879. The van der Waals surface area contributed by atoms with E-state index in [0.717, 1.165) is 6.07 Å². The molecule has 8 nitrogen and oxygen atoms in total. The van der Waals surface area contributed by atoms with E-state index in [1.807, 2.05) is 0 Å². The summed E-state index contributed by atoms with van der Waals surface area (Å²) in [6, 6.07) is 8.56. The lowest BCUT2D eigenvalue weighted by molar-refractivity contribution is -0.119. The number of halogens is 2. The average molecular weight is 449 g/mol. The van der Waals surface area contributed by atoms with E-state index in [-0.39, 0.29) is 30.1 Å². The molecule has 0 saturated carbocycles. The normalized spacial score (nSPS) is 17.9. The number of amides is 4. The number of carbonyl (C=O) groups is 3. The second-order valence-electron chi connectivity index (χ2n) is 7.38. The van der Waals surface area contributed by atoms with Crippen molar-refractivity contribution in [3.8, 4) is 0 Å². The van der Waals surface area contributed by atoms with Crippen LogP contribution < -0.4 is 10.6 Å². The van der Waals surface area contributed by atoms with Gasteiger partial charge in [0.2, 0.25) is 5.91 Å². The van der Waals surface area contributed by atoms with Crippen LogP contribution in [0.1, 0.15) is 16.8 Å². The molecule has 1 fully saturated rings. The van der Waals surface area contributed by atoms with Crippen molar-refractivity contribution in [3.05, 3.63) is 58.9 Å². The minimum Gasteiger partial charge on any atom is -0.391 e. The van der Waals surface area contributed by atoms with Crippen LogP contribution in [0.25, 0.3) is 0 Å². The van der Waals surface area contributed by atoms with Gasteiger partial charge in [0, 0.05) is 43.3 Å². The van der Waals surface area contributed by atoms with Gasteiger partial charge in [-0.1, -0.05) is 11.6 Å². The van der Waals surface area contributed by atoms with E-state index >= 15 is 0 Å². The highest BCUT2D eigenvalue weighted by molar-refractivity contribution is 6.30. The number of benzene rings is 2. The zero-order valence-corrected chi connectivity index (χ0v) is 17.7. The second-order valence-corrected chi connectivity index (χ2v) is 7.81. The number of likely N-dealkylation sites (tertiary alicyclic amines) is 1. The van der Waals surface area contributed by atoms with Gasteiger partial charge in [0.15, 0.2) is 0 Å². The van der Waals surface area contributed by atoms with Crippen LogP contribution in [0.5, 0.6) is 0 Å². The summed E-state index contributed by atoms with van der Waals surface area (Å²) in [5.74, 6) is -1.80. The Morgan fingerprint density at radius 1 is 1.13 bits per heavy atom. The number of β-amino-alcohol motifs (C(OH)–C–C–N with tert-alkyl or cyclic N) is 1. The first-order valence-corrected chi connectivity index (χ1v) is 9.87. The summed E-state index contributed by atoms with van der Waals surface area (Å²) in [5, 5.41) is 15.6. The molecule has 2 atom stereocenters. The number of anilines is 2. The van der Waals surface area contributed by atoms with Crippen molar-refractivity contribution >= 4 is 40.8 Å². The number of rotatable bonds is 4. The van der Waals surface area contributed by atoms with Gasteiger partial charge in [0.05, 0.1) is 11.8 Å². The largest absolute Gasteiger partial charge is 0.391 e. The van der Waals surface area contributed by atoms with E-state index in [0.29, 0.717) is 10.7 Å². The fourth-order valence-corrected chi connectivity index (χ4v) is 3.37. The molecule has 0 spiro atoms. The molecule has 0 bridgehead atoms. The summed E-state index contributed by atoms with van der Waals surface area (Å²) in [5.41, 5.74) is 0.489. The van der Waals surface area contributed by atoms with E-state index in [4.69, 9.17) is 11.6 Å². The van der Waals surface area contributed by atoms with E-state index in [1.54, 1.807) is 38.4 Å². The molecular formula is C21H22ClFN4O4. The summed E-state index contributed by atoms with van der Waals surface area (Å²) in [4.78, 5) is 39.8. The SMILES string of the molecule is CN(C)C(=O)c1ccc(NC(=O)[C@H]2C[C@@H](O)CN2C(=O)Nc2ccc(Cl)cc2)c(F)c1. The first kappa shape index (κ1) is 22.5. The fraction of sp³-hybridized carbons (Fsp3) is 0.286. The van der Waals surface area contributed by atoms with Gasteiger partial charge in [-0.25, -0.2) is 9.18 Å². The Morgan fingerprint density at radius 2 is 1.81 bits per heavy atom. The van der Waals surface area contributed by atoms with Crippen molar-refractivity contribution in [2.75, 3.05) is 31.3 Å². The highest BCUT2D eigenvalue weighted by Gasteiger charge is 2.39. The van der Waals surface area contributed by atoms with E-state index in [1.165, 1.54) is 21.9 Å². The minimum atomic E-state index is -0.996. The first-order chi connectivity index (χ1) is 14.7. The van der Waals surface area contributed by atoms with Crippen molar-refractivity contribution in [1.82, 2.24) is 9.80 Å². The van der Waals surface area contributed by atoms with Gasteiger partial charge in [-0.2, -0.15) is 0 Å². The standard InChI is InChI=1S/C21H22ClFN4O4/c1-26(2)20(30)12-3-8-17(16(23)9-12)25-19(29)18-10-15(28)11-27(18)21(31)24-14-6-4-13(22)5-7-14/h3-9,15,18,28H,10-11H2,1-2H3,(H,24,31)(H,25,29)/t15-,18-/m1/s1. The number of carbonyl (C=O) groups excluding carboxylic acids is 3. The number of aliphatic hydroxyl groups excluding tert-OH is 1. The Labute approximate surface area is 183 Å². The maximum absolute atomic E-state index is 14.4. The van der Waals surface area contributed by atoms with Crippen molar-refractivity contribution in [2.45, 2.75) is 18.6 Å². The third-order valence-electron chi connectivity index (χ3n) is 4.82. The molecule has 0 radical (unpaired) electrons. The molecule has 2 aromatic carbocycles. The lowest BCUT2D eigenvalue weighted by Gasteiger charge is -2.24. The predicted octanol–water partition coefficient (Wildman–Crippen LogP) is 2.79. The number of urea groups is 1. The van der Waals surface area contributed by atoms with Gasteiger partial charge < -0.3 is 25.5 Å². The molecule has 1 heterocycles. The molecule has 1 saturated heterocycles. The van der Waals surface area contributed by atoms with Gasteiger partial charge in [-0.3, -0.25) is 9.59 Å². The first-order valence-electron chi connectivity index (χ1n) is 9.49. The van der Waals surface area contributed by atoms with Crippen LogP contribution in [0, 0.1) is 5.82 Å². The summed E-state index contributed by atoms with van der Waals surface area (Å²) < 4.78 is 14.4. The number of hydrogen-bond donors (Lipinski definition) is 3. The minimum absolute atomic E-state index is 0.0126. The molecule has 0 aromatic heterocycles. The Morgan fingerprint density at radius 3 is 2.42 bits per heavy atom. The molecule has 1 aliphatic rings. The summed E-state index contributed by atoms with van der Waals surface area (Å²) in [6.45, 7) is -0.0454. The number of nitrogens with zero attached hydrogens (tertiary/aromatic N) is 2. The van der Waals surface area contributed by atoms with Gasteiger partial charge in [-0.05, 0) is 42.5 Å². The van der Waals surface area contributed by atoms with Gasteiger partial charge >= 0.3 is 6.03 Å². The van der Waals surface area contributed by atoms with E-state index in [9.17, 15) is 23.9 Å². The van der Waals surface area contributed by atoms with Crippen LogP contribution in [0.4, 0.5) is 20.6 Å². The molecule has 31 heavy (non-hydrogen) atoms. The molecule has 3 N–H and O–H groups in total. The maximum atomic E-state index is 14.4. The van der Waals surface area contributed by atoms with Crippen LogP contribution in [0.3, 0.4) is 0 Å². The third kappa shape index (κ3) is 5.31. The van der Waals surface area contributed by atoms with Crippen LogP contribution in [0.15, 0.2) is 42.5 Å². The quantitative estimate of drug-likeness (QED) is 0.669. The predicted molar refractivity (Wildman–Crippen MR) is 115 cm³/mol. The molecule has 4 amide bonds. The van der Waals surface area contributed by atoms with Crippen LogP contribution in [0.2, 0.25) is 5.02 Å². The molecule has 2 aromatic rings. The molecule has 164 valence electrons. The number of nitrogens with one attached hydrogen (secondary N) is 2. The molecular weight excluding hydrogens is 427 g/mol. The van der Waals surface area contributed by atoms with Crippen molar-refractivity contribution in [1.29, 1.82) is 0 Å². The average Bonchev–Trinajstić information content (AvgIpc) is 3.12. The van der Waals surface area contributed by atoms with Crippen LogP contribution in [-0.4, -0.2) is 65.5 Å². The van der Waals surface area contributed by atoms with Gasteiger partial charge in [-0.15, -0.1) is 0 Å². The highest BCUT2D eigenvalue weighted by Crippen LogP contribution is 2.23. The topological polar surface area (TPSA) is 102 Å². The lowest BCUT2D eigenvalue weighted by atomic mass is 10.1. The van der Waals surface area contributed by atoms with Crippen molar-refractivity contribution < 1.29 is 23.9 Å².